The summed E-state index contributed by atoms with van der Waals surface area (Å²) >= 11 is 7.61. The number of tetrazole rings is 1. The van der Waals surface area contributed by atoms with E-state index in [-0.39, 0.29) is 5.75 Å². The number of hydrogen-bond acceptors (Lipinski definition) is 5. The van der Waals surface area contributed by atoms with E-state index in [4.69, 9.17) is 11.6 Å². The van der Waals surface area contributed by atoms with Crippen LogP contribution in [0.3, 0.4) is 0 Å². The molecule has 0 unspecified atom stereocenters. The molecular weight excluding hydrogens is 356 g/mol. The van der Waals surface area contributed by atoms with Crippen LogP contribution in [0.5, 0.6) is 5.75 Å². The van der Waals surface area contributed by atoms with Gasteiger partial charge in [-0.15, -0.1) is 16.4 Å². The van der Waals surface area contributed by atoms with E-state index in [1.807, 2.05) is 42.5 Å². The van der Waals surface area contributed by atoms with Crippen molar-refractivity contribution >= 4 is 22.9 Å². The second kappa shape index (κ2) is 6.66. The summed E-state index contributed by atoms with van der Waals surface area (Å²) in [6, 6.07) is 17.1. The lowest BCUT2D eigenvalue weighted by atomic mass is 10.0. The summed E-state index contributed by atoms with van der Waals surface area (Å²) in [5, 5.41) is 24.6. The van der Waals surface area contributed by atoms with E-state index >= 15 is 0 Å². The first kappa shape index (κ1) is 15.8. The van der Waals surface area contributed by atoms with E-state index in [9.17, 15) is 5.11 Å². The minimum atomic E-state index is 0.240. The molecule has 124 valence electrons. The number of thiophene rings is 1. The molecule has 5 nitrogen and oxygen atoms in total. The van der Waals surface area contributed by atoms with Crippen molar-refractivity contribution in [1.29, 1.82) is 0 Å². The molecule has 2 heterocycles. The smallest absolute Gasteiger partial charge is 0.189 e. The molecule has 0 aliphatic rings. The van der Waals surface area contributed by atoms with Gasteiger partial charge in [-0.2, -0.15) is 0 Å². The highest BCUT2D eigenvalue weighted by atomic mass is 35.5. The van der Waals surface area contributed by atoms with Crippen molar-refractivity contribution in [3.63, 3.8) is 0 Å². The molecule has 0 bridgehead atoms. The first-order valence-electron chi connectivity index (χ1n) is 7.60. The van der Waals surface area contributed by atoms with E-state index in [0.29, 0.717) is 5.82 Å². The molecule has 7 heteroatoms. The molecule has 0 atom stereocenters. The van der Waals surface area contributed by atoms with E-state index < -0.39 is 0 Å². The Morgan fingerprint density at radius 3 is 2.64 bits per heavy atom. The fourth-order valence-corrected chi connectivity index (χ4v) is 3.92. The average molecular weight is 369 g/mol. The maximum absolute atomic E-state index is 9.83. The molecule has 4 aromatic rings. The van der Waals surface area contributed by atoms with Crippen LogP contribution in [-0.2, 0) is 6.42 Å². The average Bonchev–Trinajstić information content (AvgIpc) is 3.26. The lowest BCUT2D eigenvalue weighted by Gasteiger charge is -2.05. The molecule has 2 aromatic heterocycles. The molecule has 4 rings (SSSR count). The van der Waals surface area contributed by atoms with Crippen LogP contribution < -0.4 is 0 Å². The molecule has 0 saturated carbocycles. The summed E-state index contributed by atoms with van der Waals surface area (Å²) in [4.78, 5) is 2.12. The van der Waals surface area contributed by atoms with Crippen LogP contribution in [0, 0.1) is 0 Å². The van der Waals surface area contributed by atoms with Crippen molar-refractivity contribution in [2.75, 3.05) is 0 Å². The number of H-pyrrole nitrogens is 1. The number of phenolic OH excluding ortho intramolecular Hbond substituents is 1. The van der Waals surface area contributed by atoms with Gasteiger partial charge in [0.25, 0.3) is 0 Å². The third kappa shape index (κ3) is 3.40. The highest BCUT2D eigenvalue weighted by molar-refractivity contribution is 7.16. The standard InChI is InChI=1S/C18H13ClN4OS/c19-13-6-4-11(5-7-13)8-16-15(12-2-1-3-14(24)9-12)10-17(25-16)18-20-22-23-21-18/h1-7,9-10,24H,8H2,(H,20,21,22,23). The van der Waals surface area contributed by atoms with Gasteiger partial charge in [-0.25, -0.2) is 5.10 Å². The van der Waals surface area contributed by atoms with Gasteiger partial charge in [-0.05, 0) is 57.4 Å². The van der Waals surface area contributed by atoms with E-state index in [0.717, 1.165) is 33.0 Å². The fourth-order valence-electron chi connectivity index (χ4n) is 2.65. The van der Waals surface area contributed by atoms with Gasteiger partial charge in [0.1, 0.15) is 5.75 Å². The normalized spacial score (nSPS) is 10.9. The number of hydrogen-bond donors (Lipinski definition) is 2. The van der Waals surface area contributed by atoms with Crippen molar-refractivity contribution < 1.29 is 5.11 Å². The van der Waals surface area contributed by atoms with Crippen molar-refractivity contribution in [3.05, 3.63) is 70.1 Å². The van der Waals surface area contributed by atoms with Crippen LogP contribution in [0.2, 0.25) is 5.02 Å². The second-order valence-electron chi connectivity index (χ2n) is 5.55. The summed E-state index contributed by atoms with van der Waals surface area (Å²) in [5.41, 5.74) is 3.18. The third-order valence-electron chi connectivity index (χ3n) is 3.82. The zero-order chi connectivity index (χ0) is 17.2. The lowest BCUT2D eigenvalue weighted by Crippen LogP contribution is -1.87. The van der Waals surface area contributed by atoms with E-state index in [1.54, 1.807) is 23.5 Å². The zero-order valence-electron chi connectivity index (χ0n) is 13.0. The Bertz CT molecular complexity index is 996. The number of aromatic hydroxyl groups is 1. The minimum Gasteiger partial charge on any atom is -0.508 e. The Balaban J connectivity index is 1.79. The first-order chi connectivity index (χ1) is 12.2. The van der Waals surface area contributed by atoms with Gasteiger partial charge in [-0.1, -0.05) is 35.9 Å². The van der Waals surface area contributed by atoms with Crippen molar-refractivity contribution in [3.8, 4) is 27.6 Å². The zero-order valence-corrected chi connectivity index (χ0v) is 14.6. The Kier molecular flexibility index (Phi) is 4.21. The maximum Gasteiger partial charge on any atom is 0.189 e. The summed E-state index contributed by atoms with van der Waals surface area (Å²) in [5.74, 6) is 0.873. The molecule has 0 amide bonds. The van der Waals surface area contributed by atoms with Crippen LogP contribution >= 0.6 is 22.9 Å². The van der Waals surface area contributed by atoms with Crippen molar-refractivity contribution in [2.24, 2.45) is 0 Å². The topological polar surface area (TPSA) is 74.7 Å². The number of nitrogens with one attached hydrogen (secondary N) is 1. The highest BCUT2D eigenvalue weighted by Crippen LogP contribution is 2.38. The molecule has 2 N–H and O–H groups in total. The van der Waals surface area contributed by atoms with Crippen molar-refractivity contribution in [1.82, 2.24) is 20.6 Å². The number of benzene rings is 2. The van der Waals surface area contributed by atoms with Crippen molar-refractivity contribution in [2.45, 2.75) is 6.42 Å². The number of halogens is 1. The molecule has 0 aliphatic carbocycles. The molecule has 0 spiro atoms. The quantitative estimate of drug-likeness (QED) is 0.554. The number of phenols is 1. The van der Waals surface area contributed by atoms with Crippen LogP contribution in [0.1, 0.15) is 10.4 Å². The highest BCUT2D eigenvalue weighted by Gasteiger charge is 2.15. The van der Waals surface area contributed by atoms with Gasteiger partial charge in [0.2, 0.25) is 0 Å². The number of aromatic amines is 1. The summed E-state index contributed by atoms with van der Waals surface area (Å²) < 4.78 is 0. The van der Waals surface area contributed by atoms with Gasteiger partial charge in [0, 0.05) is 16.3 Å². The summed E-state index contributed by atoms with van der Waals surface area (Å²) in [6.07, 6.45) is 0.758. The van der Waals surface area contributed by atoms with Crippen LogP contribution in [0.15, 0.2) is 54.6 Å². The molecule has 2 aromatic carbocycles. The van der Waals surface area contributed by atoms with Gasteiger partial charge in [0.05, 0.1) is 4.88 Å². The molecular formula is C18H13ClN4OS. The number of aromatic nitrogens is 4. The number of nitrogens with zero attached hydrogens (tertiary/aromatic N) is 3. The van der Waals surface area contributed by atoms with Gasteiger partial charge in [0.15, 0.2) is 5.82 Å². The summed E-state index contributed by atoms with van der Waals surface area (Å²) in [6.45, 7) is 0. The monoisotopic (exact) mass is 368 g/mol. The largest absolute Gasteiger partial charge is 0.508 e. The summed E-state index contributed by atoms with van der Waals surface area (Å²) in [7, 11) is 0. The van der Waals surface area contributed by atoms with Gasteiger partial charge in [-0.3, -0.25) is 0 Å². The lowest BCUT2D eigenvalue weighted by molar-refractivity contribution is 0.475. The first-order valence-corrected chi connectivity index (χ1v) is 8.79. The van der Waals surface area contributed by atoms with Crippen LogP contribution in [-0.4, -0.2) is 25.7 Å². The van der Waals surface area contributed by atoms with E-state index in [2.05, 4.69) is 20.6 Å². The third-order valence-corrected chi connectivity index (χ3v) is 5.22. The molecule has 0 fully saturated rings. The Morgan fingerprint density at radius 1 is 1.08 bits per heavy atom. The molecule has 0 radical (unpaired) electrons. The predicted molar refractivity (Wildman–Crippen MR) is 98.8 cm³/mol. The van der Waals surface area contributed by atoms with Crippen LogP contribution in [0.25, 0.3) is 21.8 Å². The minimum absolute atomic E-state index is 0.240. The number of rotatable bonds is 4. The Labute approximate surface area is 152 Å². The molecule has 0 saturated heterocycles. The fraction of sp³-hybridized carbons (Fsp3) is 0.0556. The van der Waals surface area contributed by atoms with Gasteiger partial charge >= 0.3 is 0 Å². The Morgan fingerprint density at radius 2 is 1.92 bits per heavy atom. The Hall–Kier alpha value is -2.70. The van der Waals surface area contributed by atoms with E-state index in [1.165, 1.54) is 4.88 Å². The predicted octanol–water partition coefficient (Wildman–Crippen LogP) is 4.55. The molecule has 0 aliphatic heterocycles. The van der Waals surface area contributed by atoms with Gasteiger partial charge < -0.3 is 5.11 Å². The SMILES string of the molecule is Oc1cccc(-c2cc(-c3nnn[nH]3)sc2Cc2ccc(Cl)cc2)c1. The molecule has 25 heavy (non-hydrogen) atoms. The second-order valence-corrected chi connectivity index (χ2v) is 7.12. The maximum atomic E-state index is 9.83. The van der Waals surface area contributed by atoms with Crippen LogP contribution in [0.4, 0.5) is 0 Å².